The fraction of sp³-hybridized carbons (Fsp3) is 0.429. The first kappa shape index (κ1) is 8.73. The second-order valence-corrected chi connectivity index (χ2v) is 2.45. The number of rotatable bonds is 2. The summed E-state index contributed by atoms with van der Waals surface area (Å²) in [5.74, 6) is -0.341. The minimum absolute atomic E-state index is 0.336. The van der Waals surface area contributed by atoms with Gasteiger partial charge in [-0.1, -0.05) is 0 Å². The van der Waals surface area contributed by atoms with Crippen LogP contribution in [-0.4, -0.2) is 27.0 Å². The van der Waals surface area contributed by atoms with Crippen molar-refractivity contribution in [2.75, 3.05) is 0 Å². The van der Waals surface area contributed by atoms with Crippen molar-refractivity contribution in [1.29, 1.82) is 0 Å². The lowest BCUT2D eigenvalue weighted by molar-refractivity contribution is -0.142. The van der Waals surface area contributed by atoms with Crippen LogP contribution in [-0.2, 0) is 11.8 Å². The van der Waals surface area contributed by atoms with E-state index in [1.807, 2.05) is 0 Å². The minimum Gasteiger partial charge on any atom is -0.421 e. The lowest BCUT2D eigenvalue weighted by Crippen LogP contribution is -2.21. The van der Waals surface area contributed by atoms with E-state index in [9.17, 15) is 4.79 Å². The van der Waals surface area contributed by atoms with E-state index in [1.54, 1.807) is 13.2 Å². The largest absolute Gasteiger partial charge is 0.421 e. The van der Waals surface area contributed by atoms with Crippen LogP contribution in [0.15, 0.2) is 12.4 Å². The molecule has 66 valence electrons. The van der Waals surface area contributed by atoms with Gasteiger partial charge in [0.1, 0.15) is 6.10 Å². The molecule has 1 aromatic rings. The van der Waals surface area contributed by atoms with Gasteiger partial charge in [-0.25, -0.2) is 4.79 Å². The Bertz CT molecular complexity index is 280. The van der Waals surface area contributed by atoms with Crippen LogP contribution in [0.4, 0.5) is 0 Å². The Morgan fingerprint density at radius 1 is 1.83 bits per heavy atom. The van der Waals surface area contributed by atoms with Crippen LogP contribution in [0, 0.1) is 0 Å². The Morgan fingerprint density at radius 2 is 2.50 bits per heavy atom. The highest BCUT2D eigenvalue weighted by molar-refractivity contribution is 5.76. The van der Waals surface area contributed by atoms with Crippen molar-refractivity contribution in [1.82, 2.24) is 9.78 Å². The molecule has 1 heterocycles. The summed E-state index contributed by atoms with van der Waals surface area (Å²) >= 11 is 0. The van der Waals surface area contributed by atoms with Crippen molar-refractivity contribution in [3.8, 4) is 5.75 Å². The predicted octanol–water partition coefficient (Wildman–Crippen LogP) is -0.294. The molecule has 0 fully saturated rings. The van der Waals surface area contributed by atoms with Crippen LogP contribution in [0.3, 0.4) is 0 Å². The molecule has 0 aromatic carbocycles. The molecular weight excluding hydrogens is 160 g/mol. The second-order valence-electron chi connectivity index (χ2n) is 2.45. The molecule has 1 rings (SSSR count). The molecule has 0 unspecified atom stereocenters. The molecule has 5 nitrogen and oxygen atoms in total. The van der Waals surface area contributed by atoms with E-state index >= 15 is 0 Å². The van der Waals surface area contributed by atoms with Gasteiger partial charge in [0.2, 0.25) is 0 Å². The summed E-state index contributed by atoms with van der Waals surface area (Å²) in [6, 6.07) is 0. The highest BCUT2D eigenvalue weighted by Gasteiger charge is 2.11. The third kappa shape index (κ3) is 2.06. The van der Waals surface area contributed by atoms with Crippen molar-refractivity contribution >= 4 is 5.97 Å². The van der Waals surface area contributed by atoms with Crippen LogP contribution in [0.5, 0.6) is 5.75 Å². The molecular formula is C7H10N2O3. The highest BCUT2D eigenvalue weighted by Crippen LogP contribution is 2.07. The number of aryl methyl sites for hydroxylation is 1. The SMILES string of the molecule is C[C@@H](O)C(=O)Oc1cnn(C)c1. The second kappa shape index (κ2) is 3.36. The zero-order chi connectivity index (χ0) is 9.14. The lowest BCUT2D eigenvalue weighted by atomic mass is 10.4. The molecule has 0 aliphatic carbocycles. The normalized spacial score (nSPS) is 12.6. The van der Waals surface area contributed by atoms with E-state index in [-0.39, 0.29) is 0 Å². The predicted molar refractivity (Wildman–Crippen MR) is 40.5 cm³/mol. The number of nitrogens with zero attached hydrogens (tertiary/aromatic N) is 2. The first-order valence-corrected chi connectivity index (χ1v) is 3.48. The third-order valence-corrected chi connectivity index (χ3v) is 1.24. The van der Waals surface area contributed by atoms with Crippen LogP contribution in [0.1, 0.15) is 6.92 Å². The van der Waals surface area contributed by atoms with Crippen LogP contribution in [0.2, 0.25) is 0 Å². The summed E-state index contributed by atoms with van der Waals surface area (Å²) in [4.78, 5) is 10.8. The Labute approximate surface area is 69.6 Å². The van der Waals surface area contributed by atoms with E-state index in [0.717, 1.165) is 0 Å². The number of carbonyl (C=O) groups excluding carboxylic acids is 1. The molecule has 5 heteroatoms. The first-order valence-electron chi connectivity index (χ1n) is 3.48. The summed E-state index contributed by atoms with van der Waals surface area (Å²) in [7, 11) is 1.71. The van der Waals surface area contributed by atoms with E-state index in [0.29, 0.717) is 5.75 Å². The van der Waals surface area contributed by atoms with Gasteiger partial charge < -0.3 is 9.84 Å². The van der Waals surface area contributed by atoms with Crippen molar-refractivity contribution in [3.63, 3.8) is 0 Å². The number of aliphatic hydroxyl groups is 1. The number of hydrogen-bond donors (Lipinski definition) is 1. The first-order chi connectivity index (χ1) is 5.59. The summed E-state index contributed by atoms with van der Waals surface area (Å²) in [5, 5.41) is 12.6. The maximum Gasteiger partial charge on any atom is 0.340 e. The third-order valence-electron chi connectivity index (χ3n) is 1.24. The monoisotopic (exact) mass is 170 g/mol. The number of aliphatic hydroxyl groups excluding tert-OH is 1. The van der Waals surface area contributed by atoms with Crippen molar-refractivity contribution in [3.05, 3.63) is 12.4 Å². The van der Waals surface area contributed by atoms with Gasteiger partial charge in [0.05, 0.1) is 12.4 Å². The standard InChI is InChI=1S/C7H10N2O3/c1-5(10)7(11)12-6-3-8-9(2)4-6/h3-5,10H,1-2H3/t5-/m1/s1. The summed E-state index contributed by atoms with van der Waals surface area (Å²) in [5.41, 5.74) is 0. The fourth-order valence-electron chi connectivity index (χ4n) is 0.653. The average Bonchev–Trinajstić information content (AvgIpc) is 2.35. The van der Waals surface area contributed by atoms with Gasteiger partial charge in [0.25, 0.3) is 0 Å². The maximum absolute atomic E-state index is 10.8. The molecule has 0 radical (unpaired) electrons. The molecule has 0 saturated heterocycles. The average molecular weight is 170 g/mol. The topological polar surface area (TPSA) is 64.3 Å². The molecule has 1 aromatic heterocycles. The fourth-order valence-corrected chi connectivity index (χ4v) is 0.653. The Kier molecular flexibility index (Phi) is 2.44. The molecule has 12 heavy (non-hydrogen) atoms. The number of hydrogen-bond acceptors (Lipinski definition) is 4. The van der Waals surface area contributed by atoms with Gasteiger partial charge in [-0.05, 0) is 6.92 Å². The van der Waals surface area contributed by atoms with Crippen LogP contribution >= 0.6 is 0 Å². The molecule has 0 aliphatic rings. The molecule has 1 N–H and O–H groups in total. The Balaban J connectivity index is 2.58. The zero-order valence-corrected chi connectivity index (χ0v) is 6.89. The van der Waals surface area contributed by atoms with Gasteiger partial charge in [-0.3, -0.25) is 4.68 Å². The number of esters is 1. The molecule has 0 bridgehead atoms. The Morgan fingerprint density at radius 3 is 2.92 bits per heavy atom. The van der Waals surface area contributed by atoms with E-state index in [2.05, 4.69) is 5.10 Å². The quantitative estimate of drug-likeness (QED) is 0.619. The van der Waals surface area contributed by atoms with Crippen LogP contribution in [0.25, 0.3) is 0 Å². The van der Waals surface area contributed by atoms with Gasteiger partial charge >= 0.3 is 5.97 Å². The van der Waals surface area contributed by atoms with Crippen molar-refractivity contribution in [2.45, 2.75) is 13.0 Å². The summed E-state index contributed by atoms with van der Waals surface area (Å²) < 4.78 is 6.23. The Hall–Kier alpha value is -1.36. The molecule has 0 amide bonds. The van der Waals surface area contributed by atoms with E-state index < -0.39 is 12.1 Å². The van der Waals surface area contributed by atoms with E-state index in [4.69, 9.17) is 9.84 Å². The van der Waals surface area contributed by atoms with Gasteiger partial charge in [-0.2, -0.15) is 5.10 Å². The number of carbonyl (C=O) groups is 1. The lowest BCUT2D eigenvalue weighted by Gasteiger charge is -2.01. The number of ether oxygens (including phenoxy) is 1. The van der Waals surface area contributed by atoms with E-state index in [1.165, 1.54) is 17.8 Å². The molecule has 0 aliphatic heterocycles. The number of aromatic nitrogens is 2. The van der Waals surface area contributed by atoms with Crippen molar-refractivity contribution < 1.29 is 14.6 Å². The molecule has 1 atom stereocenters. The highest BCUT2D eigenvalue weighted by atomic mass is 16.5. The van der Waals surface area contributed by atoms with Gasteiger partial charge in [0, 0.05) is 7.05 Å². The summed E-state index contributed by atoms with van der Waals surface area (Å²) in [6.07, 6.45) is 1.84. The zero-order valence-electron chi connectivity index (χ0n) is 6.89. The molecule has 0 saturated carbocycles. The smallest absolute Gasteiger partial charge is 0.340 e. The maximum atomic E-state index is 10.8. The molecule has 0 spiro atoms. The summed E-state index contributed by atoms with van der Waals surface area (Å²) in [6.45, 7) is 1.35. The minimum atomic E-state index is -1.11. The van der Waals surface area contributed by atoms with Crippen molar-refractivity contribution in [2.24, 2.45) is 7.05 Å². The van der Waals surface area contributed by atoms with Gasteiger partial charge in [0.15, 0.2) is 5.75 Å². The van der Waals surface area contributed by atoms with Crippen LogP contribution < -0.4 is 4.74 Å². The van der Waals surface area contributed by atoms with Gasteiger partial charge in [-0.15, -0.1) is 0 Å².